The number of carbonyl (C=O) groups excluding carboxylic acids is 1. The Hall–Kier alpha value is -0.610. The quantitative estimate of drug-likeness (QED) is 0.527. The fourth-order valence-corrected chi connectivity index (χ4v) is 5.47. The summed E-state index contributed by atoms with van der Waals surface area (Å²) in [5, 5.41) is 0. The number of cyclic esters (lactones) is 1. The Kier molecular flexibility index (Phi) is 8.08. The fraction of sp³-hybridized carbons (Fsp3) is 0.958. The van der Waals surface area contributed by atoms with Gasteiger partial charge in [0.15, 0.2) is 0 Å². The van der Waals surface area contributed by atoms with Crippen molar-refractivity contribution >= 4 is 5.97 Å². The van der Waals surface area contributed by atoms with Gasteiger partial charge in [-0.1, -0.05) is 28.2 Å². The Bertz CT molecular complexity index is 531. The number of hydrogen-bond acceptors (Lipinski definition) is 4. The molecule has 0 saturated carbocycles. The summed E-state index contributed by atoms with van der Waals surface area (Å²) in [5.74, 6) is -0.126. The van der Waals surface area contributed by atoms with Crippen LogP contribution in [0.15, 0.2) is 0 Å². The lowest BCUT2D eigenvalue weighted by Gasteiger charge is -2.56. The van der Waals surface area contributed by atoms with Gasteiger partial charge in [0.25, 0.3) is 0 Å². The number of esters is 1. The van der Waals surface area contributed by atoms with Crippen molar-refractivity contribution in [1.82, 2.24) is 9.80 Å². The van der Waals surface area contributed by atoms with Crippen molar-refractivity contribution in [1.29, 1.82) is 0 Å². The number of carbonyl (C=O) groups is 1. The second-order valence-corrected chi connectivity index (χ2v) is 11.6. The summed E-state index contributed by atoms with van der Waals surface area (Å²) in [6.45, 7) is 24.3. The number of rotatable bonds is 1. The molecule has 2 unspecified atom stereocenters. The first-order chi connectivity index (χ1) is 11.8. The summed E-state index contributed by atoms with van der Waals surface area (Å²) in [6, 6.07) is 0. The standard InChI is InChI=1S/C12H25N.C11H21NO2.CH4/c1-10(2)8-11(3,4)13(7)12(5,6)9-10;1-7-11(5)8(2)14-9(13)10(3,4)12(11)6;/h8-9H2,1-7H3;8H,7H2,1-6H3;1H4. The molecule has 4 nitrogen and oxygen atoms in total. The van der Waals surface area contributed by atoms with Crippen LogP contribution in [-0.4, -0.2) is 58.1 Å². The molecule has 2 aliphatic heterocycles. The third kappa shape index (κ3) is 5.11. The Balaban J connectivity index is 0.000000504. The Morgan fingerprint density at radius 1 is 0.893 bits per heavy atom. The van der Waals surface area contributed by atoms with E-state index >= 15 is 0 Å². The lowest BCUT2D eigenvalue weighted by Crippen LogP contribution is -2.68. The molecule has 0 aromatic carbocycles. The van der Waals surface area contributed by atoms with E-state index in [0.29, 0.717) is 16.5 Å². The summed E-state index contributed by atoms with van der Waals surface area (Å²) >= 11 is 0. The third-order valence-corrected chi connectivity index (χ3v) is 7.62. The van der Waals surface area contributed by atoms with Crippen LogP contribution in [0.2, 0.25) is 0 Å². The maximum Gasteiger partial charge on any atom is 0.326 e. The molecule has 2 saturated heterocycles. The minimum atomic E-state index is -0.517. The number of likely N-dealkylation sites (N-methyl/N-ethyl adjacent to an activating group) is 1. The number of likely N-dealkylation sites (tertiary alicyclic amines) is 1. The van der Waals surface area contributed by atoms with Gasteiger partial charge >= 0.3 is 5.97 Å². The summed E-state index contributed by atoms with van der Waals surface area (Å²) < 4.78 is 5.40. The highest BCUT2D eigenvalue weighted by Crippen LogP contribution is 2.46. The van der Waals surface area contributed by atoms with Crippen LogP contribution in [0, 0.1) is 5.41 Å². The van der Waals surface area contributed by atoms with E-state index in [0.717, 1.165) is 6.42 Å². The van der Waals surface area contributed by atoms with Gasteiger partial charge in [-0.2, -0.15) is 0 Å². The van der Waals surface area contributed by atoms with Crippen LogP contribution < -0.4 is 0 Å². The van der Waals surface area contributed by atoms with E-state index in [9.17, 15) is 4.79 Å². The molecule has 2 atom stereocenters. The Morgan fingerprint density at radius 3 is 1.64 bits per heavy atom. The zero-order valence-electron chi connectivity index (χ0n) is 20.4. The first-order valence-corrected chi connectivity index (χ1v) is 10.5. The molecule has 0 aromatic heterocycles. The van der Waals surface area contributed by atoms with E-state index in [2.05, 4.69) is 72.2 Å². The SMILES string of the molecule is C.CCC1(C)C(C)OC(=O)C(C)(C)N1C.CN1C(C)(C)CC(C)(C)CC1(C)C. The predicted octanol–water partition coefficient (Wildman–Crippen LogP) is 5.74. The first-order valence-electron chi connectivity index (χ1n) is 10.5. The smallest absolute Gasteiger partial charge is 0.326 e. The normalized spacial score (nSPS) is 33.8. The number of hydrogen-bond donors (Lipinski definition) is 0. The van der Waals surface area contributed by atoms with E-state index in [-0.39, 0.29) is 25.0 Å². The zero-order chi connectivity index (χ0) is 21.6. The number of piperidine rings is 1. The monoisotopic (exact) mass is 398 g/mol. The van der Waals surface area contributed by atoms with E-state index < -0.39 is 5.54 Å². The van der Waals surface area contributed by atoms with Gasteiger partial charge in [-0.3, -0.25) is 14.6 Å². The molecule has 0 radical (unpaired) electrons. The Labute approximate surface area is 176 Å². The summed E-state index contributed by atoms with van der Waals surface area (Å²) in [6.07, 6.45) is 3.51. The molecule has 0 bridgehead atoms. The molecular weight excluding hydrogens is 348 g/mol. The molecule has 0 amide bonds. The molecule has 168 valence electrons. The van der Waals surface area contributed by atoms with Crippen LogP contribution in [-0.2, 0) is 9.53 Å². The summed E-state index contributed by atoms with van der Waals surface area (Å²) in [5.41, 5.74) is 0.588. The van der Waals surface area contributed by atoms with Crippen molar-refractivity contribution < 1.29 is 9.53 Å². The van der Waals surface area contributed by atoms with Crippen LogP contribution >= 0.6 is 0 Å². The highest BCUT2D eigenvalue weighted by molar-refractivity contribution is 5.81. The highest BCUT2D eigenvalue weighted by Gasteiger charge is 2.51. The highest BCUT2D eigenvalue weighted by atomic mass is 16.6. The third-order valence-electron chi connectivity index (χ3n) is 7.62. The van der Waals surface area contributed by atoms with Gasteiger partial charge in [0.05, 0.1) is 5.54 Å². The molecule has 2 fully saturated rings. The number of morpholine rings is 1. The van der Waals surface area contributed by atoms with Crippen molar-refractivity contribution in [2.75, 3.05) is 14.1 Å². The molecular formula is C24H50N2O2. The van der Waals surface area contributed by atoms with E-state index in [1.807, 2.05) is 27.8 Å². The van der Waals surface area contributed by atoms with Crippen molar-refractivity contribution in [2.24, 2.45) is 5.41 Å². The fourth-order valence-electron chi connectivity index (χ4n) is 5.47. The van der Waals surface area contributed by atoms with Gasteiger partial charge in [0.1, 0.15) is 11.6 Å². The molecule has 4 heteroatoms. The van der Waals surface area contributed by atoms with Gasteiger partial charge in [-0.05, 0) is 94.2 Å². The lowest BCUT2D eigenvalue weighted by molar-refractivity contribution is -0.194. The molecule has 0 aliphatic carbocycles. The minimum Gasteiger partial charge on any atom is -0.459 e. The average molecular weight is 399 g/mol. The van der Waals surface area contributed by atoms with E-state index in [4.69, 9.17) is 4.74 Å². The van der Waals surface area contributed by atoms with E-state index in [1.165, 1.54) is 12.8 Å². The maximum atomic E-state index is 11.7. The second kappa shape index (κ2) is 8.26. The van der Waals surface area contributed by atoms with Crippen LogP contribution in [0.5, 0.6) is 0 Å². The van der Waals surface area contributed by atoms with Crippen LogP contribution in [0.25, 0.3) is 0 Å². The maximum absolute atomic E-state index is 11.7. The molecule has 28 heavy (non-hydrogen) atoms. The molecule has 2 rings (SSSR count). The van der Waals surface area contributed by atoms with Crippen molar-refractivity contribution in [2.45, 2.75) is 131 Å². The van der Waals surface area contributed by atoms with Crippen LogP contribution in [0.3, 0.4) is 0 Å². The number of ether oxygens (including phenoxy) is 1. The topological polar surface area (TPSA) is 32.8 Å². The van der Waals surface area contributed by atoms with Crippen molar-refractivity contribution in [3.05, 3.63) is 0 Å². The van der Waals surface area contributed by atoms with Gasteiger partial charge < -0.3 is 4.74 Å². The predicted molar refractivity (Wildman–Crippen MR) is 122 cm³/mol. The Morgan fingerprint density at radius 2 is 1.29 bits per heavy atom. The lowest BCUT2D eigenvalue weighted by atomic mass is 9.66. The first kappa shape index (κ1) is 27.4. The van der Waals surface area contributed by atoms with Crippen LogP contribution in [0.1, 0.15) is 103 Å². The summed E-state index contributed by atoms with van der Waals surface area (Å²) in [7, 11) is 4.26. The van der Waals surface area contributed by atoms with Gasteiger partial charge in [-0.25, -0.2) is 0 Å². The molecule has 0 N–H and O–H groups in total. The molecule has 2 aliphatic rings. The van der Waals surface area contributed by atoms with Crippen molar-refractivity contribution in [3.63, 3.8) is 0 Å². The average Bonchev–Trinajstić information content (AvgIpc) is 2.48. The number of nitrogens with zero attached hydrogens (tertiary/aromatic N) is 2. The molecule has 0 aromatic rings. The molecule has 0 spiro atoms. The van der Waals surface area contributed by atoms with Crippen LogP contribution in [0.4, 0.5) is 0 Å². The van der Waals surface area contributed by atoms with Gasteiger partial charge in [0, 0.05) is 11.1 Å². The van der Waals surface area contributed by atoms with E-state index in [1.54, 1.807) is 0 Å². The zero-order valence-corrected chi connectivity index (χ0v) is 20.4. The van der Waals surface area contributed by atoms with Gasteiger partial charge in [0.2, 0.25) is 0 Å². The minimum absolute atomic E-state index is 0. The van der Waals surface area contributed by atoms with Crippen molar-refractivity contribution in [3.8, 4) is 0 Å². The molecule has 2 heterocycles. The largest absolute Gasteiger partial charge is 0.459 e. The second-order valence-electron chi connectivity index (χ2n) is 11.6. The van der Waals surface area contributed by atoms with Gasteiger partial charge in [-0.15, -0.1) is 0 Å². The summed E-state index contributed by atoms with van der Waals surface area (Å²) in [4.78, 5) is 16.3.